The average Bonchev–Trinajstić information content (AvgIpc) is 2.74. The Balaban J connectivity index is 2.19. The summed E-state index contributed by atoms with van der Waals surface area (Å²) in [7, 11) is 0. The summed E-state index contributed by atoms with van der Waals surface area (Å²) < 4.78 is 0. The summed E-state index contributed by atoms with van der Waals surface area (Å²) in [5.41, 5.74) is 1.61. The molecule has 0 bridgehead atoms. The van der Waals surface area contributed by atoms with Crippen LogP contribution in [0.25, 0.3) is 0 Å². The molecule has 1 aliphatic carbocycles. The van der Waals surface area contributed by atoms with Gasteiger partial charge in [-0.05, 0) is 51.3 Å². The predicted molar refractivity (Wildman–Crippen MR) is 72.0 cm³/mol. The number of nitrogens with one attached hydrogen (secondary N) is 1. The Labute approximate surface area is 103 Å². The first-order valence-electron chi connectivity index (χ1n) is 6.30. The summed E-state index contributed by atoms with van der Waals surface area (Å²) in [6.07, 6.45) is 7.71. The lowest BCUT2D eigenvalue weighted by Gasteiger charge is -2.23. The smallest absolute Gasteiger partial charge is 0.0630 e. The molecule has 0 fully saturated rings. The van der Waals surface area contributed by atoms with Crippen molar-refractivity contribution in [2.45, 2.75) is 45.6 Å². The fraction of sp³-hybridized carbons (Fsp3) is 0.571. The van der Waals surface area contributed by atoms with Crippen LogP contribution in [-0.4, -0.2) is 6.54 Å². The molecule has 1 nitrogen and oxygen atoms in total. The highest BCUT2D eigenvalue weighted by Crippen LogP contribution is 2.33. The van der Waals surface area contributed by atoms with Gasteiger partial charge in [0.1, 0.15) is 0 Å². The maximum absolute atomic E-state index is 3.62. The Bertz CT molecular complexity index is 365. The zero-order valence-electron chi connectivity index (χ0n) is 10.3. The molecule has 88 valence electrons. The van der Waals surface area contributed by atoms with Crippen LogP contribution in [-0.2, 0) is 0 Å². The van der Waals surface area contributed by atoms with Gasteiger partial charge >= 0.3 is 0 Å². The highest BCUT2D eigenvalue weighted by atomic mass is 32.1. The largest absolute Gasteiger partial charge is 0.306 e. The van der Waals surface area contributed by atoms with Crippen molar-refractivity contribution < 1.29 is 0 Å². The summed E-state index contributed by atoms with van der Waals surface area (Å²) in [6.45, 7) is 5.42. The van der Waals surface area contributed by atoms with Crippen LogP contribution in [0.3, 0.4) is 0 Å². The van der Waals surface area contributed by atoms with Crippen LogP contribution in [0.1, 0.15) is 48.4 Å². The second kappa shape index (κ2) is 5.65. The summed E-state index contributed by atoms with van der Waals surface area (Å²) in [5.74, 6) is 0. The second-order valence-corrected chi connectivity index (χ2v) is 5.78. The average molecular weight is 235 g/mol. The van der Waals surface area contributed by atoms with E-state index >= 15 is 0 Å². The van der Waals surface area contributed by atoms with E-state index in [1.807, 2.05) is 11.3 Å². The van der Waals surface area contributed by atoms with E-state index < -0.39 is 0 Å². The van der Waals surface area contributed by atoms with E-state index in [1.54, 1.807) is 5.57 Å². The highest BCUT2D eigenvalue weighted by Gasteiger charge is 2.18. The SMILES string of the molecule is CCNC(C1=CCCCC1)c1ccc(C)s1. The van der Waals surface area contributed by atoms with Crippen LogP contribution in [0.2, 0.25) is 0 Å². The summed E-state index contributed by atoms with van der Waals surface area (Å²) in [6, 6.07) is 4.99. The van der Waals surface area contributed by atoms with Gasteiger partial charge in [-0.25, -0.2) is 0 Å². The Morgan fingerprint density at radius 2 is 2.25 bits per heavy atom. The number of allylic oxidation sites excluding steroid dienone is 1. The molecule has 16 heavy (non-hydrogen) atoms. The first kappa shape index (κ1) is 11.9. The van der Waals surface area contributed by atoms with Crippen LogP contribution in [0.5, 0.6) is 0 Å². The Morgan fingerprint density at radius 3 is 2.81 bits per heavy atom. The third-order valence-electron chi connectivity index (χ3n) is 3.15. The van der Waals surface area contributed by atoms with Crippen LogP contribution in [0, 0.1) is 6.92 Å². The molecule has 1 atom stereocenters. The van der Waals surface area contributed by atoms with Gasteiger partial charge in [-0.1, -0.05) is 18.6 Å². The van der Waals surface area contributed by atoms with Crippen molar-refractivity contribution in [3.05, 3.63) is 33.5 Å². The van der Waals surface area contributed by atoms with Gasteiger partial charge < -0.3 is 5.32 Å². The van der Waals surface area contributed by atoms with Gasteiger partial charge in [0.2, 0.25) is 0 Å². The minimum atomic E-state index is 0.476. The number of aryl methyl sites for hydroxylation is 1. The molecule has 0 saturated carbocycles. The van der Waals surface area contributed by atoms with E-state index in [9.17, 15) is 0 Å². The maximum Gasteiger partial charge on any atom is 0.0630 e. The van der Waals surface area contributed by atoms with Crippen LogP contribution < -0.4 is 5.32 Å². The van der Waals surface area contributed by atoms with Gasteiger partial charge in [0, 0.05) is 9.75 Å². The molecule has 0 aliphatic heterocycles. The topological polar surface area (TPSA) is 12.0 Å². The lowest BCUT2D eigenvalue weighted by molar-refractivity contribution is 0.570. The molecule has 1 heterocycles. The molecule has 0 saturated heterocycles. The molecule has 0 amide bonds. The monoisotopic (exact) mass is 235 g/mol. The second-order valence-electron chi connectivity index (χ2n) is 4.46. The van der Waals surface area contributed by atoms with Crippen molar-refractivity contribution in [2.75, 3.05) is 6.54 Å². The normalized spacial score (nSPS) is 18.2. The number of rotatable bonds is 4. The molecule has 1 aromatic heterocycles. The van der Waals surface area contributed by atoms with Crippen LogP contribution >= 0.6 is 11.3 Å². The van der Waals surface area contributed by atoms with Gasteiger partial charge in [-0.2, -0.15) is 0 Å². The van der Waals surface area contributed by atoms with Crippen molar-refractivity contribution >= 4 is 11.3 Å². The van der Waals surface area contributed by atoms with E-state index in [0.29, 0.717) is 6.04 Å². The highest BCUT2D eigenvalue weighted by molar-refractivity contribution is 7.12. The molecule has 1 N–H and O–H groups in total. The molecular weight excluding hydrogens is 214 g/mol. The fourth-order valence-electron chi connectivity index (χ4n) is 2.35. The molecule has 0 radical (unpaired) electrons. The van der Waals surface area contributed by atoms with Crippen LogP contribution in [0.15, 0.2) is 23.8 Å². The van der Waals surface area contributed by atoms with E-state index in [-0.39, 0.29) is 0 Å². The van der Waals surface area contributed by atoms with Crippen molar-refractivity contribution in [3.8, 4) is 0 Å². The first-order chi connectivity index (χ1) is 7.81. The van der Waals surface area contributed by atoms with Gasteiger partial charge in [0.25, 0.3) is 0 Å². The summed E-state index contributed by atoms with van der Waals surface area (Å²) >= 11 is 1.93. The summed E-state index contributed by atoms with van der Waals surface area (Å²) in [5, 5.41) is 3.62. The standard InChI is InChI=1S/C14H21NS/c1-3-15-14(12-7-5-4-6-8-12)13-10-9-11(2)16-13/h7,9-10,14-15H,3-6,8H2,1-2H3. The summed E-state index contributed by atoms with van der Waals surface area (Å²) in [4.78, 5) is 2.89. The molecule has 1 aromatic rings. The quantitative estimate of drug-likeness (QED) is 0.771. The molecular formula is C14H21NS. The van der Waals surface area contributed by atoms with Crippen molar-refractivity contribution in [1.29, 1.82) is 0 Å². The third-order valence-corrected chi connectivity index (χ3v) is 4.22. The van der Waals surface area contributed by atoms with Crippen molar-refractivity contribution in [3.63, 3.8) is 0 Å². The minimum absolute atomic E-state index is 0.476. The number of hydrogen-bond donors (Lipinski definition) is 1. The molecule has 2 rings (SSSR count). The van der Waals surface area contributed by atoms with Crippen molar-refractivity contribution in [1.82, 2.24) is 5.32 Å². The zero-order chi connectivity index (χ0) is 11.4. The predicted octanol–water partition coefficient (Wildman–Crippen LogP) is 4.21. The molecule has 2 heteroatoms. The van der Waals surface area contributed by atoms with Crippen molar-refractivity contribution in [2.24, 2.45) is 0 Å². The van der Waals surface area contributed by atoms with E-state index in [1.165, 1.54) is 35.4 Å². The fourth-order valence-corrected chi connectivity index (χ4v) is 3.35. The molecule has 0 aromatic carbocycles. The Kier molecular flexibility index (Phi) is 4.19. The number of likely N-dealkylation sites (N-methyl/N-ethyl adjacent to an activating group) is 1. The maximum atomic E-state index is 3.62. The van der Waals surface area contributed by atoms with E-state index in [0.717, 1.165) is 6.54 Å². The molecule has 1 unspecified atom stereocenters. The lowest BCUT2D eigenvalue weighted by atomic mass is 9.93. The Hall–Kier alpha value is -0.600. The van der Waals surface area contributed by atoms with E-state index in [4.69, 9.17) is 0 Å². The van der Waals surface area contributed by atoms with Gasteiger partial charge in [-0.3, -0.25) is 0 Å². The Morgan fingerprint density at radius 1 is 1.38 bits per heavy atom. The van der Waals surface area contributed by atoms with Crippen LogP contribution in [0.4, 0.5) is 0 Å². The van der Waals surface area contributed by atoms with Gasteiger partial charge in [0.15, 0.2) is 0 Å². The van der Waals surface area contributed by atoms with Gasteiger partial charge in [0.05, 0.1) is 6.04 Å². The van der Waals surface area contributed by atoms with E-state index in [2.05, 4.69) is 37.4 Å². The lowest BCUT2D eigenvalue weighted by Crippen LogP contribution is -2.22. The molecule has 0 spiro atoms. The zero-order valence-corrected chi connectivity index (χ0v) is 11.1. The first-order valence-corrected chi connectivity index (χ1v) is 7.11. The van der Waals surface area contributed by atoms with Gasteiger partial charge in [-0.15, -0.1) is 11.3 Å². The number of thiophene rings is 1. The number of hydrogen-bond acceptors (Lipinski definition) is 2. The molecule has 1 aliphatic rings. The minimum Gasteiger partial charge on any atom is -0.306 e. The third kappa shape index (κ3) is 2.74.